The molecule has 98 valence electrons. The van der Waals surface area contributed by atoms with Crippen molar-refractivity contribution in [2.75, 3.05) is 24.6 Å². The van der Waals surface area contributed by atoms with E-state index in [9.17, 15) is 9.59 Å². The number of hydrogen-bond donors (Lipinski definition) is 1. The van der Waals surface area contributed by atoms with E-state index < -0.39 is 0 Å². The molecule has 1 saturated heterocycles. The number of hydrogen-bond acceptors (Lipinski definition) is 5. The largest absolute Gasteiger partial charge is 0.462 e. The third-order valence-electron chi connectivity index (χ3n) is 2.56. The van der Waals surface area contributed by atoms with Gasteiger partial charge in [-0.1, -0.05) is 11.3 Å². The minimum atomic E-state index is -0.379. The molecule has 0 aliphatic carbocycles. The van der Waals surface area contributed by atoms with Crippen molar-refractivity contribution in [1.82, 2.24) is 10.3 Å². The number of aryl methyl sites for hydroxylation is 1. The molecule has 2 rings (SSSR count). The third kappa shape index (κ3) is 2.45. The van der Waals surface area contributed by atoms with Crippen LogP contribution < -0.4 is 10.2 Å². The number of carbonyl (C=O) groups excluding carboxylic acids is 2. The van der Waals surface area contributed by atoms with E-state index in [1.165, 1.54) is 11.3 Å². The highest BCUT2D eigenvalue weighted by Crippen LogP contribution is 2.27. The quantitative estimate of drug-likeness (QED) is 0.845. The van der Waals surface area contributed by atoms with Crippen molar-refractivity contribution in [3.8, 4) is 0 Å². The molecule has 1 N–H and O–H groups in total. The van der Waals surface area contributed by atoms with Crippen LogP contribution in [0.3, 0.4) is 0 Å². The maximum absolute atomic E-state index is 11.7. The van der Waals surface area contributed by atoms with Crippen LogP contribution in [-0.2, 0) is 4.74 Å². The number of nitrogens with one attached hydrogen (secondary N) is 1. The van der Waals surface area contributed by atoms with Gasteiger partial charge < -0.3 is 10.1 Å². The highest BCUT2D eigenvalue weighted by molar-refractivity contribution is 7.17. The zero-order valence-corrected chi connectivity index (χ0v) is 11.2. The van der Waals surface area contributed by atoms with Gasteiger partial charge in [-0.2, -0.15) is 0 Å². The van der Waals surface area contributed by atoms with E-state index in [2.05, 4.69) is 10.3 Å². The summed E-state index contributed by atoms with van der Waals surface area (Å²) in [6.45, 7) is 5.14. The number of anilines is 1. The molecular weight excluding hydrogens is 254 g/mol. The monoisotopic (exact) mass is 269 g/mol. The molecule has 0 unspecified atom stereocenters. The van der Waals surface area contributed by atoms with Crippen LogP contribution in [-0.4, -0.2) is 36.7 Å². The van der Waals surface area contributed by atoms with Gasteiger partial charge in [0.05, 0.1) is 12.3 Å². The maximum Gasteiger partial charge on any atom is 0.350 e. The van der Waals surface area contributed by atoms with Gasteiger partial charge >= 0.3 is 12.0 Å². The lowest BCUT2D eigenvalue weighted by molar-refractivity contribution is 0.0531. The number of thiazole rings is 1. The van der Waals surface area contributed by atoms with Crippen LogP contribution in [0.15, 0.2) is 0 Å². The molecule has 0 spiro atoms. The molecular formula is C11H15N3O3S. The van der Waals surface area contributed by atoms with Crippen molar-refractivity contribution in [2.24, 2.45) is 0 Å². The number of esters is 1. The van der Waals surface area contributed by atoms with Crippen LogP contribution in [0.4, 0.5) is 9.93 Å². The van der Waals surface area contributed by atoms with Crippen LogP contribution in [0, 0.1) is 6.92 Å². The number of aromatic nitrogens is 1. The first-order valence-electron chi connectivity index (χ1n) is 5.83. The fourth-order valence-electron chi connectivity index (χ4n) is 1.70. The molecule has 1 fully saturated rings. The molecule has 18 heavy (non-hydrogen) atoms. The summed E-state index contributed by atoms with van der Waals surface area (Å²) in [4.78, 5) is 29.6. The van der Waals surface area contributed by atoms with Gasteiger partial charge in [-0.3, -0.25) is 4.90 Å². The molecule has 1 aliphatic rings. The number of amides is 2. The molecule has 1 aromatic rings. The van der Waals surface area contributed by atoms with E-state index >= 15 is 0 Å². The number of urea groups is 1. The van der Waals surface area contributed by atoms with Crippen LogP contribution in [0.25, 0.3) is 0 Å². The normalized spacial score (nSPS) is 15.4. The molecule has 2 heterocycles. The van der Waals surface area contributed by atoms with Gasteiger partial charge in [0.25, 0.3) is 0 Å². The second-order valence-corrected chi connectivity index (χ2v) is 4.85. The highest BCUT2D eigenvalue weighted by Gasteiger charge is 2.25. The molecule has 7 heteroatoms. The van der Waals surface area contributed by atoms with E-state index in [4.69, 9.17) is 4.74 Å². The van der Waals surface area contributed by atoms with Crippen LogP contribution in [0.5, 0.6) is 0 Å². The summed E-state index contributed by atoms with van der Waals surface area (Å²) in [5.41, 5.74) is 0.604. The summed E-state index contributed by atoms with van der Waals surface area (Å²) in [6.07, 6.45) is 0.874. The molecule has 2 amide bonds. The van der Waals surface area contributed by atoms with Gasteiger partial charge in [0.15, 0.2) is 5.13 Å². The van der Waals surface area contributed by atoms with Gasteiger partial charge in [0.2, 0.25) is 0 Å². The van der Waals surface area contributed by atoms with Gasteiger partial charge in [-0.25, -0.2) is 14.6 Å². The average Bonchev–Trinajstić information content (AvgIpc) is 2.72. The standard InChI is InChI=1S/C11H15N3O3S/c1-3-17-9(15)8-7(2)13-11(18-8)14-6-4-5-12-10(14)16/h3-6H2,1-2H3,(H,12,16). The summed E-state index contributed by atoms with van der Waals surface area (Å²) in [7, 11) is 0. The Kier molecular flexibility index (Phi) is 3.81. The minimum Gasteiger partial charge on any atom is -0.462 e. The first-order chi connectivity index (χ1) is 8.63. The van der Waals surface area contributed by atoms with E-state index in [1.54, 1.807) is 18.7 Å². The van der Waals surface area contributed by atoms with Crippen LogP contribution in [0.2, 0.25) is 0 Å². The minimum absolute atomic E-state index is 0.162. The summed E-state index contributed by atoms with van der Waals surface area (Å²) >= 11 is 1.20. The first-order valence-corrected chi connectivity index (χ1v) is 6.65. The molecule has 6 nitrogen and oxygen atoms in total. The number of ether oxygens (including phenoxy) is 1. The lowest BCUT2D eigenvalue weighted by Gasteiger charge is -2.24. The summed E-state index contributed by atoms with van der Waals surface area (Å²) in [6, 6.07) is -0.162. The van der Waals surface area contributed by atoms with Gasteiger partial charge in [-0.15, -0.1) is 0 Å². The lowest BCUT2D eigenvalue weighted by atomic mass is 10.3. The number of nitrogens with zero attached hydrogens (tertiary/aromatic N) is 2. The third-order valence-corrected chi connectivity index (χ3v) is 3.72. The van der Waals surface area contributed by atoms with E-state index in [-0.39, 0.29) is 12.0 Å². The number of carbonyl (C=O) groups is 2. The SMILES string of the molecule is CCOC(=O)c1sc(N2CCCNC2=O)nc1C. The fraction of sp³-hybridized carbons (Fsp3) is 0.545. The zero-order chi connectivity index (χ0) is 13.1. The first kappa shape index (κ1) is 12.8. The van der Waals surface area contributed by atoms with Crippen molar-refractivity contribution in [2.45, 2.75) is 20.3 Å². The van der Waals surface area contributed by atoms with Crippen molar-refractivity contribution >= 4 is 28.5 Å². The van der Waals surface area contributed by atoms with Crippen molar-refractivity contribution in [3.63, 3.8) is 0 Å². The summed E-state index contributed by atoms with van der Waals surface area (Å²) in [5.74, 6) is -0.379. The highest BCUT2D eigenvalue weighted by atomic mass is 32.1. The zero-order valence-electron chi connectivity index (χ0n) is 10.4. The molecule has 1 aliphatic heterocycles. The molecule has 0 bridgehead atoms. The Balaban J connectivity index is 2.22. The Hall–Kier alpha value is -1.63. The van der Waals surface area contributed by atoms with Crippen molar-refractivity contribution in [3.05, 3.63) is 10.6 Å². The van der Waals surface area contributed by atoms with E-state index in [0.29, 0.717) is 35.4 Å². The molecule has 0 aromatic carbocycles. The van der Waals surface area contributed by atoms with Crippen LogP contribution >= 0.6 is 11.3 Å². The Morgan fingerprint density at radius 1 is 1.61 bits per heavy atom. The molecule has 0 atom stereocenters. The lowest BCUT2D eigenvalue weighted by Crippen LogP contribution is -2.46. The topological polar surface area (TPSA) is 71.5 Å². The van der Waals surface area contributed by atoms with Gasteiger partial charge in [-0.05, 0) is 20.3 Å². The predicted octanol–water partition coefficient (Wildman–Crippen LogP) is 1.55. The fourth-order valence-corrected chi connectivity index (χ4v) is 2.68. The molecule has 0 saturated carbocycles. The van der Waals surface area contributed by atoms with E-state index in [1.807, 2.05) is 0 Å². The Bertz CT molecular complexity index is 472. The average molecular weight is 269 g/mol. The van der Waals surface area contributed by atoms with Crippen molar-refractivity contribution < 1.29 is 14.3 Å². The Morgan fingerprint density at radius 2 is 2.39 bits per heavy atom. The molecule has 1 aromatic heterocycles. The summed E-state index contributed by atoms with van der Waals surface area (Å²) in [5, 5.41) is 3.30. The Labute approximate surface area is 109 Å². The maximum atomic E-state index is 11.7. The van der Waals surface area contributed by atoms with Crippen molar-refractivity contribution in [1.29, 1.82) is 0 Å². The molecule has 0 radical (unpaired) electrons. The number of rotatable bonds is 3. The summed E-state index contributed by atoms with van der Waals surface area (Å²) < 4.78 is 4.95. The second-order valence-electron chi connectivity index (χ2n) is 3.87. The second kappa shape index (κ2) is 5.34. The van der Waals surface area contributed by atoms with Crippen LogP contribution in [0.1, 0.15) is 28.7 Å². The van der Waals surface area contributed by atoms with E-state index in [0.717, 1.165) is 6.42 Å². The van der Waals surface area contributed by atoms with Gasteiger partial charge in [0.1, 0.15) is 4.88 Å². The van der Waals surface area contributed by atoms with Gasteiger partial charge in [0, 0.05) is 13.1 Å². The predicted molar refractivity (Wildman–Crippen MR) is 68.2 cm³/mol. The smallest absolute Gasteiger partial charge is 0.350 e. The Morgan fingerprint density at radius 3 is 3.06 bits per heavy atom.